The predicted molar refractivity (Wildman–Crippen MR) is 84.5 cm³/mol. The van der Waals surface area contributed by atoms with Crippen LogP contribution in [0.2, 0.25) is 0 Å². The Hall–Kier alpha value is 1.01. The summed E-state index contributed by atoms with van der Waals surface area (Å²) in [5.74, 6) is 0. The van der Waals surface area contributed by atoms with Crippen molar-refractivity contribution in [3.8, 4) is 0 Å². The van der Waals surface area contributed by atoms with Gasteiger partial charge in [0, 0.05) is 0 Å². The van der Waals surface area contributed by atoms with Crippen LogP contribution >= 0.6 is 0 Å². The van der Waals surface area contributed by atoms with Crippen molar-refractivity contribution in [3.05, 3.63) is 0 Å². The van der Waals surface area contributed by atoms with Gasteiger partial charge >= 0.3 is 39.0 Å². The Kier molecular flexibility index (Phi) is 37.7. The van der Waals surface area contributed by atoms with E-state index < -0.39 is 36.6 Å². The molecule has 6 unspecified atom stereocenters. The summed E-state index contributed by atoms with van der Waals surface area (Å²) < 4.78 is 0. The van der Waals surface area contributed by atoms with E-state index in [-0.39, 0.29) is 58.2 Å². The normalized spacial score (nSPS) is 16.6. The Morgan fingerprint density at radius 2 is 0.615 bits per heavy atom. The van der Waals surface area contributed by atoms with Crippen LogP contribution in [0.3, 0.4) is 0 Å². The molecule has 26 heavy (non-hydrogen) atoms. The number of hydrogen-bond donors (Lipinski definition) is 0. The van der Waals surface area contributed by atoms with Crippen LogP contribution in [0.25, 0.3) is 0 Å². The average Bonchev–Trinajstić information content (AvgIpc) is 2.46. The zero-order valence-corrected chi connectivity index (χ0v) is 20.1. The molecule has 0 aromatic heterocycles. The molecule has 0 radical (unpaired) electrons. The van der Waals surface area contributed by atoms with Crippen LogP contribution in [-0.4, -0.2) is 36.6 Å². The van der Waals surface area contributed by atoms with Crippen LogP contribution in [0.4, 0.5) is 0 Å². The van der Waals surface area contributed by atoms with E-state index >= 15 is 0 Å². The molecular weight excluding hydrogens is 518 g/mol. The van der Waals surface area contributed by atoms with Gasteiger partial charge in [0.1, 0.15) is 0 Å². The van der Waals surface area contributed by atoms with Gasteiger partial charge in [-0.05, 0) is 0 Å². The molecule has 0 N–H and O–H groups in total. The summed E-state index contributed by atoms with van der Waals surface area (Å²) in [5.41, 5.74) is 0. The molecule has 0 aliphatic heterocycles. The Bertz CT molecular complexity index is 206. The molecule has 6 nitrogen and oxygen atoms in total. The summed E-state index contributed by atoms with van der Waals surface area (Å²) >= 11 is 0. The van der Waals surface area contributed by atoms with Crippen LogP contribution < -0.4 is 30.6 Å². The minimum absolute atomic E-state index is 0. The van der Waals surface area contributed by atoms with E-state index in [0.29, 0.717) is 19.3 Å². The molecule has 0 fully saturated rings. The maximum atomic E-state index is 10.5. The van der Waals surface area contributed by atoms with Crippen LogP contribution in [-0.2, 0) is 39.0 Å². The van der Waals surface area contributed by atoms with Gasteiger partial charge in [0.05, 0.1) is 0 Å². The fourth-order valence-electron chi connectivity index (χ4n) is 1.61. The monoisotopic (exact) mass is 554 g/mol. The zero-order valence-electron chi connectivity index (χ0n) is 16.8. The Morgan fingerprint density at radius 3 is 0.654 bits per heavy atom. The maximum Gasteiger partial charge on any atom is 3.00 e. The number of hydrogen-bond acceptors (Lipinski definition) is 6. The first-order chi connectivity index (χ1) is 11.0. The van der Waals surface area contributed by atoms with E-state index in [0.717, 1.165) is 0 Å². The van der Waals surface area contributed by atoms with Crippen molar-refractivity contribution in [1.82, 2.24) is 0 Å². The smallest absolute Gasteiger partial charge is 0.852 e. The molecule has 0 heterocycles. The minimum atomic E-state index is -0.683. The van der Waals surface area contributed by atoms with Crippen molar-refractivity contribution in [1.29, 1.82) is 0 Å². The van der Waals surface area contributed by atoms with Gasteiger partial charge < -0.3 is 30.6 Å². The van der Waals surface area contributed by atoms with Gasteiger partial charge in [-0.15, -0.1) is 36.6 Å². The number of rotatable bonds is 9. The average molecular weight is 554 g/mol. The quantitative estimate of drug-likeness (QED) is 0.297. The first kappa shape index (κ1) is 37.7. The molecule has 0 spiro atoms. The third-order valence-corrected chi connectivity index (χ3v) is 3.15. The molecule has 0 saturated heterocycles. The summed E-state index contributed by atoms with van der Waals surface area (Å²) in [6.45, 7) is 10.0. The van der Waals surface area contributed by atoms with Gasteiger partial charge in [-0.1, -0.05) is 80.1 Å². The third-order valence-electron chi connectivity index (χ3n) is 3.15. The topological polar surface area (TPSA) is 138 Å². The van der Waals surface area contributed by atoms with Gasteiger partial charge in [0.25, 0.3) is 0 Å². The van der Waals surface area contributed by atoms with E-state index in [9.17, 15) is 30.6 Å². The molecule has 162 valence electrons. The second-order valence-corrected chi connectivity index (χ2v) is 6.23. The molecule has 0 aromatic rings. The van der Waals surface area contributed by atoms with E-state index in [1.807, 2.05) is 0 Å². The van der Waals surface area contributed by atoms with Gasteiger partial charge in [0.15, 0.2) is 0 Å². The van der Waals surface area contributed by atoms with Crippen molar-refractivity contribution in [2.75, 3.05) is 0 Å². The fraction of sp³-hybridized carbons (Fsp3) is 1.00. The first-order valence-electron chi connectivity index (χ1n) is 8.94. The van der Waals surface area contributed by atoms with E-state index in [2.05, 4.69) is 0 Å². The van der Waals surface area contributed by atoms with Crippen molar-refractivity contribution in [3.63, 3.8) is 0 Å². The second-order valence-electron chi connectivity index (χ2n) is 6.23. The summed E-state index contributed by atoms with van der Waals surface area (Å²) in [6.07, 6.45) is -1.41. The third kappa shape index (κ3) is 39.9. The predicted octanol–water partition coefficient (Wildman–Crippen LogP) is -2.21. The minimum Gasteiger partial charge on any atom is -0.852 e. The van der Waals surface area contributed by atoms with E-state index in [1.165, 1.54) is 20.8 Å². The van der Waals surface area contributed by atoms with E-state index in [4.69, 9.17) is 0 Å². The molecule has 0 bridgehead atoms. The molecular formula is C18H36O6Rh2. The Balaban J connectivity index is -0.0000000817. The zero-order chi connectivity index (χ0) is 19.7. The molecule has 0 aromatic carbocycles. The maximum absolute atomic E-state index is 10.5. The standard InChI is InChI=1S/3C6H12O2.2Rh/c3*1-3-6(8)4-5(2)7;;/h3*5-6H,3-4H2,1-2H3;;/q3*-2;2*+3. The Labute approximate surface area is 185 Å². The largest absolute Gasteiger partial charge is 3.00 e. The molecule has 0 saturated carbocycles. The van der Waals surface area contributed by atoms with Crippen molar-refractivity contribution in [2.24, 2.45) is 0 Å². The van der Waals surface area contributed by atoms with Crippen molar-refractivity contribution < 1.29 is 69.6 Å². The summed E-state index contributed by atoms with van der Waals surface area (Å²) in [5, 5.41) is 62.4. The molecule has 8 heteroatoms. The molecule has 0 rings (SSSR count). The van der Waals surface area contributed by atoms with Gasteiger partial charge in [-0.3, -0.25) is 0 Å². The van der Waals surface area contributed by atoms with E-state index in [1.54, 1.807) is 20.8 Å². The van der Waals surface area contributed by atoms with Gasteiger partial charge in [-0.25, -0.2) is 0 Å². The van der Waals surface area contributed by atoms with Crippen LogP contribution in [0, 0.1) is 0 Å². The first-order valence-corrected chi connectivity index (χ1v) is 8.94. The summed E-state index contributed by atoms with van der Waals surface area (Å²) in [6, 6.07) is 0. The van der Waals surface area contributed by atoms with Crippen LogP contribution in [0.1, 0.15) is 80.1 Å². The molecule has 6 atom stereocenters. The van der Waals surface area contributed by atoms with Crippen LogP contribution in [0.5, 0.6) is 0 Å². The van der Waals surface area contributed by atoms with Gasteiger partial charge in [-0.2, -0.15) is 0 Å². The second kappa shape index (κ2) is 26.0. The van der Waals surface area contributed by atoms with Crippen molar-refractivity contribution in [2.45, 2.75) is 117 Å². The molecule has 0 amide bonds. The van der Waals surface area contributed by atoms with Gasteiger partial charge in [0.2, 0.25) is 0 Å². The van der Waals surface area contributed by atoms with Crippen LogP contribution in [0.15, 0.2) is 0 Å². The summed E-state index contributed by atoms with van der Waals surface area (Å²) in [4.78, 5) is 0. The molecule has 0 aliphatic rings. The fourth-order valence-corrected chi connectivity index (χ4v) is 1.61. The van der Waals surface area contributed by atoms with Crippen molar-refractivity contribution >= 4 is 0 Å². The SMILES string of the molecule is CCC([O-])CC(C)[O-].CCC([O-])CC(C)[O-].CCC([O-])CC(C)[O-].[Rh+3].[Rh+3]. The molecule has 0 aliphatic carbocycles. The Morgan fingerprint density at radius 1 is 0.462 bits per heavy atom. The summed E-state index contributed by atoms with van der Waals surface area (Å²) in [7, 11) is 0.